The molecule has 0 aromatic carbocycles. The summed E-state index contributed by atoms with van der Waals surface area (Å²) in [5.41, 5.74) is 0. The molecule has 2 heterocycles. The van der Waals surface area contributed by atoms with Crippen LogP contribution in [0.1, 0.15) is 213 Å². The normalized spacial score (nSPS) is 25.8. The van der Waals surface area contributed by atoms with Crippen molar-refractivity contribution in [1.29, 1.82) is 0 Å². The molecule has 9 N–H and O–H groups in total. The fourth-order valence-corrected chi connectivity index (χ4v) is 9.28. The maximum Gasteiger partial charge on any atom is 0.220 e. The van der Waals surface area contributed by atoms with Gasteiger partial charge in [0, 0.05) is 6.42 Å². The van der Waals surface area contributed by atoms with E-state index in [4.69, 9.17) is 18.9 Å². The number of nitrogens with one attached hydrogen (secondary N) is 1. The lowest BCUT2D eigenvalue weighted by molar-refractivity contribution is -0.359. The summed E-state index contributed by atoms with van der Waals surface area (Å²) in [4.78, 5) is 13.2. The Kier molecular flexibility index (Phi) is 41.0. The molecule has 0 aromatic rings. The van der Waals surface area contributed by atoms with E-state index in [-0.39, 0.29) is 18.9 Å². The van der Waals surface area contributed by atoms with Crippen LogP contribution in [0.2, 0.25) is 0 Å². The molecule has 14 nitrogen and oxygen atoms in total. The van der Waals surface area contributed by atoms with Crippen molar-refractivity contribution in [3.8, 4) is 0 Å². The number of aliphatic hydroxyl groups is 8. The number of amides is 1. The van der Waals surface area contributed by atoms with Crippen LogP contribution >= 0.6 is 0 Å². The minimum atomic E-state index is -1.79. The highest BCUT2D eigenvalue weighted by Gasteiger charge is 2.51. The molecular weight excluding hydrogens is 931 g/mol. The van der Waals surface area contributed by atoms with Crippen molar-refractivity contribution in [2.45, 2.75) is 286 Å². The molecule has 2 rings (SSSR count). The van der Waals surface area contributed by atoms with Crippen LogP contribution in [-0.4, -0.2) is 140 Å². The summed E-state index contributed by atoms with van der Waals surface area (Å²) in [7, 11) is 0. The van der Waals surface area contributed by atoms with Gasteiger partial charge < -0.3 is 65.1 Å². The Labute approximate surface area is 441 Å². The molecule has 12 unspecified atom stereocenters. The number of hydrogen-bond acceptors (Lipinski definition) is 13. The van der Waals surface area contributed by atoms with Crippen LogP contribution in [0.5, 0.6) is 0 Å². The van der Waals surface area contributed by atoms with Gasteiger partial charge in [-0.2, -0.15) is 0 Å². The lowest BCUT2D eigenvalue weighted by Gasteiger charge is -2.46. The summed E-state index contributed by atoms with van der Waals surface area (Å²) in [5.74, 6) is -0.280. The van der Waals surface area contributed by atoms with Crippen LogP contribution in [0.15, 0.2) is 60.8 Å². The van der Waals surface area contributed by atoms with Crippen LogP contribution in [0.4, 0.5) is 0 Å². The number of carbonyl (C=O) groups excluding carboxylic acids is 1. The van der Waals surface area contributed by atoms with Crippen molar-refractivity contribution in [2.24, 2.45) is 0 Å². The molecule has 73 heavy (non-hydrogen) atoms. The molecule has 0 aromatic heterocycles. The SMILES string of the molecule is CC/C=C\C/C=C\C/C=C\C/C=C\CCCCC(=O)NC(COC1OC(CO)C(OC2OC(CO)C(O)C(O)C2O)C(O)C1O)C(O)/C=C/CCCCCCCCCCCCCCCCCCCCCCCC. The van der Waals surface area contributed by atoms with E-state index in [9.17, 15) is 45.6 Å². The number of hydrogen-bond donors (Lipinski definition) is 9. The van der Waals surface area contributed by atoms with Crippen LogP contribution in [0.3, 0.4) is 0 Å². The molecular formula is C59H105NO13. The van der Waals surface area contributed by atoms with Gasteiger partial charge in [-0.3, -0.25) is 4.79 Å². The minimum Gasteiger partial charge on any atom is -0.394 e. The van der Waals surface area contributed by atoms with Gasteiger partial charge in [0.25, 0.3) is 0 Å². The van der Waals surface area contributed by atoms with Crippen molar-refractivity contribution < 1.29 is 64.6 Å². The van der Waals surface area contributed by atoms with Gasteiger partial charge in [0.05, 0.1) is 32.0 Å². The van der Waals surface area contributed by atoms with E-state index in [1.54, 1.807) is 6.08 Å². The Morgan fingerprint density at radius 2 is 0.945 bits per heavy atom. The Balaban J connectivity index is 1.78. The van der Waals surface area contributed by atoms with Crippen molar-refractivity contribution in [2.75, 3.05) is 19.8 Å². The van der Waals surface area contributed by atoms with Crippen LogP contribution in [-0.2, 0) is 23.7 Å². The van der Waals surface area contributed by atoms with E-state index in [1.807, 2.05) is 6.08 Å². The molecule has 2 aliphatic rings. The number of rotatable bonds is 45. The summed E-state index contributed by atoms with van der Waals surface area (Å²) >= 11 is 0. The first-order chi connectivity index (χ1) is 35.6. The number of ether oxygens (including phenoxy) is 4. The first-order valence-electron chi connectivity index (χ1n) is 29.0. The second-order valence-electron chi connectivity index (χ2n) is 20.4. The van der Waals surface area contributed by atoms with Crippen molar-refractivity contribution in [3.63, 3.8) is 0 Å². The molecule has 0 saturated carbocycles. The Morgan fingerprint density at radius 3 is 1.45 bits per heavy atom. The largest absolute Gasteiger partial charge is 0.394 e. The van der Waals surface area contributed by atoms with E-state index in [0.29, 0.717) is 6.42 Å². The Bertz CT molecular complexity index is 1450. The summed E-state index contributed by atoms with van der Waals surface area (Å²) in [6.45, 7) is 2.65. The lowest BCUT2D eigenvalue weighted by Crippen LogP contribution is -2.65. The zero-order chi connectivity index (χ0) is 53.2. The van der Waals surface area contributed by atoms with Gasteiger partial charge in [-0.05, 0) is 57.8 Å². The highest BCUT2D eigenvalue weighted by molar-refractivity contribution is 5.76. The topological polar surface area (TPSA) is 228 Å². The molecule has 2 aliphatic heterocycles. The molecule has 0 spiro atoms. The standard InChI is InChI=1S/C59H105NO13/c1-3-5-7-9-11-13-15-17-19-20-21-22-23-24-25-26-27-29-30-32-34-36-38-40-42-48(63)47(60-51(64)43-41-39-37-35-33-31-28-18-16-14-12-10-8-6-4-2)46-70-58-56(69)54(67)57(50(45-62)72-58)73-59-55(68)53(66)52(65)49(44-61)71-59/h6,8,12,14,18,28,33,35,40,42,47-50,52-59,61-63,65-69H,3-5,7,9-11,13,15-17,19-27,29-32,34,36-39,41,43-46H2,1-2H3,(H,60,64)/b8-6-,14-12-,28-18-,35-33-,42-40+. The molecule has 0 bridgehead atoms. The first kappa shape index (κ1) is 66.8. The monoisotopic (exact) mass is 1040 g/mol. The molecule has 2 fully saturated rings. The minimum absolute atomic E-state index is 0.227. The third kappa shape index (κ3) is 30.9. The van der Waals surface area contributed by atoms with Gasteiger partial charge in [0.15, 0.2) is 12.6 Å². The average Bonchev–Trinajstić information content (AvgIpc) is 3.39. The Hall–Kier alpha value is -2.31. The molecule has 12 atom stereocenters. The van der Waals surface area contributed by atoms with E-state index in [1.165, 1.54) is 128 Å². The predicted octanol–water partition coefficient (Wildman–Crippen LogP) is 9.39. The highest BCUT2D eigenvalue weighted by Crippen LogP contribution is 2.30. The predicted molar refractivity (Wildman–Crippen MR) is 290 cm³/mol. The zero-order valence-electron chi connectivity index (χ0n) is 45.4. The molecule has 1 amide bonds. The molecule has 2 saturated heterocycles. The van der Waals surface area contributed by atoms with Crippen molar-refractivity contribution >= 4 is 5.91 Å². The smallest absolute Gasteiger partial charge is 0.220 e. The van der Waals surface area contributed by atoms with E-state index in [2.05, 4.69) is 67.8 Å². The van der Waals surface area contributed by atoms with E-state index < -0.39 is 86.8 Å². The van der Waals surface area contributed by atoms with Gasteiger partial charge in [-0.25, -0.2) is 0 Å². The summed E-state index contributed by atoms with van der Waals surface area (Å²) in [5, 5.41) is 87.0. The summed E-state index contributed by atoms with van der Waals surface area (Å²) < 4.78 is 22.7. The van der Waals surface area contributed by atoms with Crippen LogP contribution < -0.4 is 5.32 Å². The van der Waals surface area contributed by atoms with Gasteiger partial charge >= 0.3 is 0 Å². The maximum atomic E-state index is 13.2. The maximum absolute atomic E-state index is 13.2. The van der Waals surface area contributed by atoms with Crippen molar-refractivity contribution in [1.82, 2.24) is 5.32 Å². The third-order valence-corrected chi connectivity index (χ3v) is 14.0. The van der Waals surface area contributed by atoms with Gasteiger partial charge in [0.2, 0.25) is 5.91 Å². The lowest BCUT2D eigenvalue weighted by atomic mass is 9.97. The zero-order valence-corrected chi connectivity index (χ0v) is 45.4. The van der Waals surface area contributed by atoms with Gasteiger partial charge in [-0.15, -0.1) is 0 Å². The van der Waals surface area contributed by atoms with Crippen LogP contribution in [0.25, 0.3) is 0 Å². The third-order valence-electron chi connectivity index (χ3n) is 14.0. The average molecular weight is 1040 g/mol. The first-order valence-corrected chi connectivity index (χ1v) is 29.0. The fraction of sp³-hybridized carbons (Fsp3) is 0.814. The Morgan fingerprint density at radius 1 is 0.507 bits per heavy atom. The quantitative estimate of drug-likeness (QED) is 0.0205. The molecule has 0 aliphatic carbocycles. The summed E-state index contributed by atoms with van der Waals surface area (Å²) in [6.07, 6.45) is 39.8. The van der Waals surface area contributed by atoms with Gasteiger partial charge in [0.1, 0.15) is 48.8 Å². The second kappa shape index (κ2) is 44.8. The van der Waals surface area contributed by atoms with E-state index >= 15 is 0 Å². The number of unbranched alkanes of at least 4 members (excludes halogenated alkanes) is 24. The highest BCUT2D eigenvalue weighted by atomic mass is 16.7. The number of aliphatic hydroxyl groups excluding tert-OH is 8. The molecule has 0 radical (unpaired) electrons. The molecule has 424 valence electrons. The van der Waals surface area contributed by atoms with E-state index in [0.717, 1.165) is 57.8 Å². The van der Waals surface area contributed by atoms with Crippen LogP contribution in [0, 0.1) is 0 Å². The summed E-state index contributed by atoms with van der Waals surface area (Å²) in [6, 6.07) is -0.939. The molecule has 14 heteroatoms. The fourth-order valence-electron chi connectivity index (χ4n) is 9.28. The number of carbonyl (C=O) groups is 1. The van der Waals surface area contributed by atoms with Crippen molar-refractivity contribution in [3.05, 3.63) is 60.8 Å². The number of allylic oxidation sites excluding steroid dienone is 9. The van der Waals surface area contributed by atoms with Gasteiger partial charge in [-0.1, -0.05) is 209 Å². The second-order valence-corrected chi connectivity index (χ2v) is 20.4.